The lowest BCUT2D eigenvalue weighted by Gasteiger charge is -2.10. The van der Waals surface area contributed by atoms with Gasteiger partial charge in [0, 0.05) is 16.8 Å². The first-order chi connectivity index (χ1) is 10.6. The van der Waals surface area contributed by atoms with Gasteiger partial charge in [0.05, 0.1) is 18.0 Å². The van der Waals surface area contributed by atoms with Crippen LogP contribution in [0.15, 0.2) is 47.3 Å². The molecule has 0 bridgehead atoms. The summed E-state index contributed by atoms with van der Waals surface area (Å²) in [4.78, 5) is 16.4. The van der Waals surface area contributed by atoms with Crippen LogP contribution in [0.5, 0.6) is 5.75 Å². The molecule has 0 saturated heterocycles. The van der Waals surface area contributed by atoms with Gasteiger partial charge in [-0.25, -0.2) is 4.98 Å². The molecule has 0 amide bonds. The average Bonchev–Trinajstić information content (AvgIpc) is 2.53. The summed E-state index contributed by atoms with van der Waals surface area (Å²) in [5.41, 5.74) is 0.463. The molecule has 2 N–H and O–H groups in total. The fourth-order valence-electron chi connectivity index (χ4n) is 2.06. The standard InChI is InChI=1S/C15H12ClN3O3/c1-22-11-4-2-3-10(8-11)17-15-18-13-6-5-9(16)7-12(13)14(20)19(15)21/h2-8,21H,1H3,(H,17,18). The average molecular weight is 318 g/mol. The summed E-state index contributed by atoms with van der Waals surface area (Å²) in [6.45, 7) is 0. The van der Waals surface area contributed by atoms with Gasteiger partial charge in [0.25, 0.3) is 5.56 Å². The van der Waals surface area contributed by atoms with Crippen LogP contribution in [0.4, 0.5) is 11.6 Å². The van der Waals surface area contributed by atoms with Crippen LogP contribution < -0.4 is 15.6 Å². The van der Waals surface area contributed by atoms with Crippen LogP contribution in [0, 0.1) is 0 Å². The van der Waals surface area contributed by atoms with Crippen molar-refractivity contribution in [1.29, 1.82) is 0 Å². The second-order valence-corrected chi connectivity index (χ2v) is 5.01. The molecule has 112 valence electrons. The van der Waals surface area contributed by atoms with Crippen molar-refractivity contribution in [2.24, 2.45) is 0 Å². The maximum Gasteiger partial charge on any atom is 0.295 e. The van der Waals surface area contributed by atoms with Crippen LogP contribution in [-0.2, 0) is 0 Å². The molecule has 0 fully saturated rings. The van der Waals surface area contributed by atoms with Gasteiger partial charge in [-0.1, -0.05) is 17.7 Å². The molecule has 7 heteroatoms. The van der Waals surface area contributed by atoms with Gasteiger partial charge < -0.3 is 15.3 Å². The molecule has 0 radical (unpaired) electrons. The summed E-state index contributed by atoms with van der Waals surface area (Å²) in [6, 6.07) is 11.8. The zero-order chi connectivity index (χ0) is 15.7. The van der Waals surface area contributed by atoms with E-state index in [9.17, 15) is 10.0 Å². The summed E-state index contributed by atoms with van der Waals surface area (Å²) in [7, 11) is 1.55. The third kappa shape index (κ3) is 2.56. The van der Waals surface area contributed by atoms with Crippen LogP contribution in [-0.4, -0.2) is 22.0 Å². The molecule has 0 aliphatic heterocycles. The third-order valence-corrected chi connectivity index (χ3v) is 3.37. The molecule has 22 heavy (non-hydrogen) atoms. The Labute approximate surface area is 130 Å². The van der Waals surface area contributed by atoms with Crippen LogP contribution in [0.25, 0.3) is 10.9 Å². The summed E-state index contributed by atoms with van der Waals surface area (Å²) in [6.07, 6.45) is 0. The number of fused-ring (bicyclic) bond motifs is 1. The molecule has 1 aromatic heterocycles. The van der Waals surface area contributed by atoms with E-state index in [4.69, 9.17) is 16.3 Å². The molecule has 0 aliphatic rings. The smallest absolute Gasteiger partial charge is 0.295 e. The van der Waals surface area contributed by atoms with Crippen molar-refractivity contribution in [3.63, 3.8) is 0 Å². The molecule has 0 unspecified atom stereocenters. The number of anilines is 2. The Morgan fingerprint density at radius 2 is 2.09 bits per heavy atom. The Morgan fingerprint density at radius 3 is 2.86 bits per heavy atom. The molecular weight excluding hydrogens is 306 g/mol. The minimum Gasteiger partial charge on any atom is -0.497 e. The minimum atomic E-state index is -0.599. The van der Waals surface area contributed by atoms with E-state index in [1.165, 1.54) is 6.07 Å². The van der Waals surface area contributed by atoms with E-state index in [1.807, 2.05) is 0 Å². The predicted octanol–water partition coefficient (Wildman–Crippen LogP) is 3.04. The van der Waals surface area contributed by atoms with Gasteiger partial charge in [0.2, 0.25) is 5.95 Å². The van der Waals surface area contributed by atoms with Crippen LogP contribution >= 0.6 is 11.6 Å². The van der Waals surface area contributed by atoms with Gasteiger partial charge in [0.1, 0.15) is 5.75 Å². The van der Waals surface area contributed by atoms with Gasteiger partial charge >= 0.3 is 0 Å². The normalized spacial score (nSPS) is 10.6. The number of nitrogens with zero attached hydrogens (tertiary/aromatic N) is 2. The Hall–Kier alpha value is -2.73. The highest BCUT2D eigenvalue weighted by Gasteiger charge is 2.11. The topological polar surface area (TPSA) is 76.4 Å². The van der Waals surface area contributed by atoms with Crippen LogP contribution in [0.1, 0.15) is 0 Å². The maximum atomic E-state index is 12.2. The van der Waals surface area contributed by atoms with E-state index in [2.05, 4.69) is 10.3 Å². The lowest BCUT2D eigenvalue weighted by molar-refractivity contribution is 0.180. The first kappa shape index (κ1) is 14.2. The molecule has 0 saturated carbocycles. The van der Waals surface area contributed by atoms with E-state index in [1.54, 1.807) is 43.5 Å². The lowest BCUT2D eigenvalue weighted by Crippen LogP contribution is -2.22. The van der Waals surface area contributed by atoms with Crippen molar-refractivity contribution in [2.45, 2.75) is 0 Å². The van der Waals surface area contributed by atoms with Gasteiger partial charge in [0.15, 0.2) is 0 Å². The SMILES string of the molecule is COc1cccc(Nc2nc3ccc(Cl)cc3c(=O)n2O)c1. The molecule has 0 aliphatic carbocycles. The quantitative estimate of drug-likeness (QED) is 0.726. The van der Waals surface area contributed by atoms with Crippen molar-refractivity contribution in [1.82, 2.24) is 9.71 Å². The molecule has 3 rings (SSSR count). The first-order valence-corrected chi connectivity index (χ1v) is 6.79. The summed E-state index contributed by atoms with van der Waals surface area (Å²) in [5, 5.41) is 13.5. The molecule has 1 heterocycles. The van der Waals surface area contributed by atoms with Crippen molar-refractivity contribution in [3.05, 3.63) is 57.8 Å². The Bertz CT molecular complexity index is 908. The van der Waals surface area contributed by atoms with Crippen molar-refractivity contribution < 1.29 is 9.94 Å². The number of rotatable bonds is 3. The number of benzene rings is 2. The van der Waals surface area contributed by atoms with Gasteiger partial charge in [-0.2, -0.15) is 0 Å². The third-order valence-electron chi connectivity index (χ3n) is 3.13. The summed E-state index contributed by atoms with van der Waals surface area (Å²) >= 11 is 5.86. The maximum absolute atomic E-state index is 12.2. The number of hydrogen-bond donors (Lipinski definition) is 2. The fourth-order valence-corrected chi connectivity index (χ4v) is 2.23. The Balaban J connectivity index is 2.09. The zero-order valence-corrected chi connectivity index (χ0v) is 12.3. The van der Waals surface area contributed by atoms with E-state index < -0.39 is 5.56 Å². The largest absolute Gasteiger partial charge is 0.497 e. The van der Waals surface area contributed by atoms with Gasteiger partial charge in [-0.3, -0.25) is 4.79 Å². The first-order valence-electron chi connectivity index (χ1n) is 6.41. The van der Waals surface area contributed by atoms with Gasteiger partial charge in [-0.05, 0) is 30.3 Å². The predicted molar refractivity (Wildman–Crippen MR) is 84.5 cm³/mol. The van der Waals surface area contributed by atoms with Crippen LogP contribution in [0.2, 0.25) is 5.02 Å². The number of methoxy groups -OCH3 is 1. The summed E-state index contributed by atoms with van der Waals surface area (Å²) in [5.74, 6) is 0.650. The zero-order valence-electron chi connectivity index (χ0n) is 11.6. The Kier molecular flexibility index (Phi) is 3.60. The fraction of sp³-hybridized carbons (Fsp3) is 0.0667. The Morgan fingerprint density at radius 1 is 1.27 bits per heavy atom. The van der Waals surface area contributed by atoms with Gasteiger partial charge in [-0.15, -0.1) is 4.73 Å². The van der Waals surface area contributed by atoms with Crippen LogP contribution in [0.3, 0.4) is 0 Å². The minimum absolute atomic E-state index is 0.00748. The molecule has 2 aromatic carbocycles. The number of ether oxygens (including phenoxy) is 1. The second kappa shape index (κ2) is 5.57. The van der Waals surface area contributed by atoms with Crippen molar-refractivity contribution in [2.75, 3.05) is 12.4 Å². The molecule has 0 spiro atoms. The second-order valence-electron chi connectivity index (χ2n) is 4.57. The molecule has 0 atom stereocenters. The number of hydrogen-bond acceptors (Lipinski definition) is 5. The van der Waals surface area contributed by atoms with E-state index in [0.717, 1.165) is 0 Å². The van der Waals surface area contributed by atoms with E-state index in [0.29, 0.717) is 26.7 Å². The lowest BCUT2D eigenvalue weighted by atomic mass is 10.2. The number of aromatic nitrogens is 2. The molecule has 6 nitrogen and oxygen atoms in total. The molecule has 3 aromatic rings. The number of halogens is 1. The van der Waals surface area contributed by atoms with Crippen molar-refractivity contribution >= 4 is 34.1 Å². The number of nitrogens with one attached hydrogen (secondary N) is 1. The van der Waals surface area contributed by atoms with Crippen molar-refractivity contribution in [3.8, 4) is 5.75 Å². The molecular formula is C15H12ClN3O3. The summed E-state index contributed by atoms with van der Waals surface area (Å²) < 4.78 is 5.58. The highest BCUT2D eigenvalue weighted by Crippen LogP contribution is 2.21. The monoisotopic (exact) mass is 317 g/mol. The van der Waals surface area contributed by atoms with E-state index >= 15 is 0 Å². The highest BCUT2D eigenvalue weighted by molar-refractivity contribution is 6.31. The van der Waals surface area contributed by atoms with E-state index in [-0.39, 0.29) is 11.3 Å². The highest BCUT2D eigenvalue weighted by atomic mass is 35.5.